The third kappa shape index (κ3) is 4.32. The first-order valence-electron chi connectivity index (χ1n) is 9.18. The highest BCUT2D eigenvalue weighted by Gasteiger charge is 2.29. The first kappa shape index (κ1) is 21.0. The molecule has 0 aromatic heterocycles. The minimum atomic E-state index is -3.46. The molecular formula is C21H25NO6S. The lowest BCUT2D eigenvalue weighted by Crippen LogP contribution is -2.26. The van der Waals surface area contributed by atoms with Gasteiger partial charge in [-0.1, -0.05) is 0 Å². The molecule has 2 aromatic rings. The number of hydrogen-bond acceptors (Lipinski definition) is 6. The zero-order valence-corrected chi connectivity index (χ0v) is 18.0. The number of fused-ring (bicyclic) bond motifs is 1. The molecule has 156 valence electrons. The number of methoxy groups -OCH3 is 2. The maximum Gasteiger partial charge on any atom is 0.258 e. The summed E-state index contributed by atoms with van der Waals surface area (Å²) in [4.78, 5) is 15.0. The first-order valence-corrected chi connectivity index (χ1v) is 11.1. The zero-order valence-electron chi connectivity index (χ0n) is 17.2. The maximum atomic E-state index is 13.3. The molecule has 0 aliphatic carbocycles. The summed E-state index contributed by atoms with van der Waals surface area (Å²) in [5.74, 6) is 1.27. The zero-order chi connectivity index (χ0) is 21.3. The molecule has 0 bridgehead atoms. The van der Waals surface area contributed by atoms with Crippen molar-refractivity contribution in [1.82, 2.24) is 4.90 Å². The van der Waals surface area contributed by atoms with E-state index in [4.69, 9.17) is 14.2 Å². The van der Waals surface area contributed by atoms with Crippen LogP contribution >= 0.6 is 0 Å². The molecule has 0 unspecified atom stereocenters. The number of ether oxygens (including phenoxy) is 3. The van der Waals surface area contributed by atoms with Crippen LogP contribution < -0.4 is 14.2 Å². The molecule has 8 heteroatoms. The van der Waals surface area contributed by atoms with Crippen LogP contribution in [0, 0.1) is 0 Å². The molecule has 0 radical (unpaired) electrons. The minimum absolute atomic E-state index is 0.0806. The van der Waals surface area contributed by atoms with Crippen LogP contribution in [0.15, 0.2) is 35.2 Å². The summed E-state index contributed by atoms with van der Waals surface area (Å²) in [6.07, 6.45) is 0.957. The molecule has 0 N–H and O–H groups in total. The number of nitrogens with zero attached hydrogens (tertiary/aromatic N) is 1. The maximum absolute atomic E-state index is 13.3. The Balaban J connectivity index is 1.97. The standard InChI is InChI=1S/C21H25NO6S/c1-13(2)28-18-7-6-16(29(5,24)25)10-17(18)21(23)22-11-14-8-19(26-3)20(27-4)9-15(14)12-22/h6-10,13H,11-12H2,1-5H3. The Bertz CT molecular complexity index is 1010. The van der Waals surface area contributed by atoms with Gasteiger partial charge in [0.2, 0.25) is 0 Å². The quantitative estimate of drug-likeness (QED) is 0.716. The lowest BCUT2D eigenvalue weighted by Gasteiger charge is -2.20. The number of carbonyl (C=O) groups excluding carboxylic acids is 1. The fourth-order valence-corrected chi connectivity index (χ4v) is 3.95. The van der Waals surface area contributed by atoms with Gasteiger partial charge in [0.25, 0.3) is 5.91 Å². The van der Waals surface area contributed by atoms with Crippen molar-refractivity contribution in [1.29, 1.82) is 0 Å². The smallest absolute Gasteiger partial charge is 0.258 e. The third-order valence-corrected chi connectivity index (χ3v) is 5.80. The second-order valence-electron chi connectivity index (χ2n) is 7.23. The summed E-state index contributed by atoms with van der Waals surface area (Å²) in [6.45, 7) is 4.48. The number of benzene rings is 2. The summed E-state index contributed by atoms with van der Waals surface area (Å²) in [5.41, 5.74) is 2.15. The van der Waals surface area contributed by atoms with Gasteiger partial charge in [-0.25, -0.2) is 8.42 Å². The van der Waals surface area contributed by atoms with Crippen molar-refractivity contribution < 1.29 is 27.4 Å². The number of hydrogen-bond donors (Lipinski definition) is 0. The van der Waals surface area contributed by atoms with Crippen molar-refractivity contribution in [2.45, 2.75) is 37.9 Å². The van der Waals surface area contributed by atoms with Crippen LogP contribution in [0.25, 0.3) is 0 Å². The molecule has 0 saturated heterocycles. The highest BCUT2D eigenvalue weighted by atomic mass is 32.2. The van der Waals surface area contributed by atoms with Crippen LogP contribution in [0.5, 0.6) is 17.2 Å². The average molecular weight is 419 g/mol. The van der Waals surface area contributed by atoms with Crippen molar-refractivity contribution in [2.24, 2.45) is 0 Å². The van der Waals surface area contributed by atoms with Crippen molar-refractivity contribution in [3.8, 4) is 17.2 Å². The molecule has 7 nitrogen and oxygen atoms in total. The van der Waals surface area contributed by atoms with Gasteiger partial charge in [-0.15, -0.1) is 0 Å². The number of sulfone groups is 1. The molecule has 0 spiro atoms. The normalized spacial score (nSPS) is 13.4. The largest absolute Gasteiger partial charge is 0.493 e. The Labute approximate surface area is 171 Å². The molecule has 0 fully saturated rings. The molecule has 1 heterocycles. The molecule has 2 aromatic carbocycles. The summed E-state index contributed by atoms with van der Waals surface area (Å²) < 4.78 is 40.4. The van der Waals surface area contributed by atoms with E-state index in [1.807, 2.05) is 26.0 Å². The van der Waals surface area contributed by atoms with Gasteiger partial charge < -0.3 is 19.1 Å². The van der Waals surface area contributed by atoms with E-state index in [0.29, 0.717) is 30.3 Å². The summed E-state index contributed by atoms with van der Waals surface area (Å²) in [6, 6.07) is 8.11. The molecule has 1 aliphatic rings. The third-order valence-electron chi connectivity index (χ3n) is 4.69. The Morgan fingerprint density at radius 1 is 0.966 bits per heavy atom. The van der Waals surface area contributed by atoms with E-state index in [1.54, 1.807) is 25.2 Å². The number of rotatable bonds is 6. The highest BCUT2D eigenvalue weighted by molar-refractivity contribution is 7.90. The van der Waals surface area contributed by atoms with Crippen molar-refractivity contribution in [3.05, 3.63) is 47.0 Å². The van der Waals surface area contributed by atoms with Crippen LogP contribution in [0.3, 0.4) is 0 Å². The predicted octanol–water partition coefficient (Wildman–Crippen LogP) is 3.05. The summed E-state index contributed by atoms with van der Waals surface area (Å²) in [5, 5.41) is 0. The van der Waals surface area contributed by atoms with Crippen molar-refractivity contribution >= 4 is 15.7 Å². The van der Waals surface area contributed by atoms with E-state index in [0.717, 1.165) is 17.4 Å². The highest BCUT2D eigenvalue weighted by Crippen LogP contribution is 2.36. The van der Waals surface area contributed by atoms with E-state index in [-0.39, 0.29) is 22.5 Å². The van der Waals surface area contributed by atoms with Gasteiger partial charge >= 0.3 is 0 Å². The van der Waals surface area contributed by atoms with E-state index in [2.05, 4.69) is 0 Å². The lowest BCUT2D eigenvalue weighted by molar-refractivity contribution is 0.0744. The van der Waals surface area contributed by atoms with Gasteiger partial charge in [-0.05, 0) is 55.3 Å². The van der Waals surface area contributed by atoms with E-state index >= 15 is 0 Å². The molecule has 1 amide bonds. The topological polar surface area (TPSA) is 82.1 Å². The van der Waals surface area contributed by atoms with Gasteiger partial charge in [0, 0.05) is 19.3 Å². The van der Waals surface area contributed by atoms with Crippen LogP contribution in [0.2, 0.25) is 0 Å². The second kappa shape index (κ2) is 7.94. The fourth-order valence-electron chi connectivity index (χ4n) is 3.30. The second-order valence-corrected chi connectivity index (χ2v) is 9.25. The monoisotopic (exact) mass is 419 g/mol. The molecule has 0 atom stereocenters. The van der Waals surface area contributed by atoms with Crippen molar-refractivity contribution in [2.75, 3.05) is 20.5 Å². The Hall–Kier alpha value is -2.74. The van der Waals surface area contributed by atoms with Crippen LogP contribution in [-0.2, 0) is 22.9 Å². The van der Waals surface area contributed by atoms with Gasteiger partial charge in [0.1, 0.15) is 5.75 Å². The van der Waals surface area contributed by atoms with Crippen LogP contribution in [0.4, 0.5) is 0 Å². The Morgan fingerprint density at radius 3 is 1.97 bits per heavy atom. The lowest BCUT2D eigenvalue weighted by atomic mass is 10.1. The van der Waals surface area contributed by atoms with Gasteiger partial charge in [0.05, 0.1) is 30.8 Å². The van der Waals surface area contributed by atoms with E-state index in [9.17, 15) is 13.2 Å². The SMILES string of the molecule is COc1cc2c(cc1OC)CN(C(=O)c1cc(S(C)(=O)=O)ccc1OC(C)C)C2. The van der Waals surface area contributed by atoms with E-state index < -0.39 is 9.84 Å². The number of carbonyl (C=O) groups is 1. The number of amides is 1. The molecular weight excluding hydrogens is 394 g/mol. The van der Waals surface area contributed by atoms with Crippen LogP contribution in [-0.4, -0.2) is 45.8 Å². The molecule has 3 rings (SSSR count). The first-order chi connectivity index (χ1) is 13.6. The average Bonchev–Trinajstić information content (AvgIpc) is 3.08. The summed E-state index contributed by atoms with van der Waals surface area (Å²) in [7, 11) is -0.331. The fraction of sp³-hybridized carbons (Fsp3) is 0.381. The van der Waals surface area contributed by atoms with Crippen molar-refractivity contribution in [3.63, 3.8) is 0 Å². The Morgan fingerprint density at radius 2 is 1.52 bits per heavy atom. The molecule has 0 saturated carbocycles. The predicted molar refractivity (Wildman–Crippen MR) is 108 cm³/mol. The van der Waals surface area contributed by atoms with Crippen LogP contribution in [0.1, 0.15) is 35.3 Å². The summed E-state index contributed by atoms with van der Waals surface area (Å²) >= 11 is 0. The molecule has 29 heavy (non-hydrogen) atoms. The van der Waals surface area contributed by atoms with E-state index in [1.165, 1.54) is 12.1 Å². The Kier molecular flexibility index (Phi) is 5.75. The molecule has 1 aliphatic heterocycles. The van der Waals surface area contributed by atoms with Gasteiger partial charge in [0.15, 0.2) is 21.3 Å². The van der Waals surface area contributed by atoms with Gasteiger partial charge in [-0.3, -0.25) is 4.79 Å². The minimum Gasteiger partial charge on any atom is -0.493 e. The van der Waals surface area contributed by atoms with Gasteiger partial charge in [-0.2, -0.15) is 0 Å².